The molecule has 0 saturated carbocycles. The van der Waals surface area contributed by atoms with Gasteiger partial charge in [-0.05, 0) is 17.7 Å². The van der Waals surface area contributed by atoms with Gasteiger partial charge >= 0.3 is 5.97 Å². The molecule has 1 aliphatic rings. The standard InChI is InChI=1S/C14H18FNO3/c1-19-6-5-16-8-12(13(9-16)14(17)18)10-3-2-4-11(15)7-10/h2-4,7,12-13H,5-6,8-9H2,1H3,(H,17,18)/t12?,13-/m1/s1. The van der Waals surface area contributed by atoms with Crippen molar-refractivity contribution in [3.05, 3.63) is 35.6 Å². The van der Waals surface area contributed by atoms with E-state index < -0.39 is 11.9 Å². The van der Waals surface area contributed by atoms with Crippen molar-refractivity contribution in [2.45, 2.75) is 5.92 Å². The highest BCUT2D eigenvalue weighted by Gasteiger charge is 2.38. The maximum atomic E-state index is 13.3. The number of ether oxygens (including phenoxy) is 1. The largest absolute Gasteiger partial charge is 0.481 e. The van der Waals surface area contributed by atoms with Crippen LogP contribution in [-0.2, 0) is 9.53 Å². The molecular weight excluding hydrogens is 249 g/mol. The molecule has 1 heterocycles. The molecular formula is C14H18FNO3. The molecule has 0 radical (unpaired) electrons. The number of aliphatic carboxylic acids is 1. The topological polar surface area (TPSA) is 49.8 Å². The molecule has 104 valence electrons. The molecule has 1 aliphatic heterocycles. The Morgan fingerprint density at radius 1 is 1.53 bits per heavy atom. The van der Waals surface area contributed by atoms with Crippen LogP contribution in [0.2, 0.25) is 0 Å². The van der Waals surface area contributed by atoms with Crippen LogP contribution in [0.1, 0.15) is 11.5 Å². The lowest BCUT2D eigenvalue weighted by atomic mass is 9.89. The quantitative estimate of drug-likeness (QED) is 0.880. The first-order chi connectivity index (χ1) is 9.11. The van der Waals surface area contributed by atoms with Crippen molar-refractivity contribution < 1.29 is 19.0 Å². The lowest BCUT2D eigenvalue weighted by Gasteiger charge is -2.15. The Bertz CT molecular complexity index is 452. The molecule has 0 aliphatic carbocycles. The number of carbonyl (C=O) groups is 1. The highest BCUT2D eigenvalue weighted by molar-refractivity contribution is 5.72. The van der Waals surface area contributed by atoms with Crippen LogP contribution in [0, 0.1) is 11.7 Å². The fraction of sp³-hybridized carbons (Fsp3) is 0.500. The summed E-state index contributed by atoms with van der Waals surface area (Å²) in [6.07, 6.45) is 0. The molecule has 1 aromatic rings. The van der Waals surface area contributed by atoms with Crippen LogP contribution in [0.15, 0.2) is 24.3 Å². The van der Waals surface area contributed by atoms with Crippen LogP contribution >= 0.6 is 0 Å². The van der Waals surface area contributed by atoms with E-state index >= 15 is 0 Å². The first-order valence-electron chi connectivity index (χ1n) is 6.31. The monoisotopic (exact) mass is 267 g/mol. The Kier molecular flexibility index (Phi) is 4.50. The Hall–Kier alpha value is -1.46. The summed E-state index contributed by atoms with van der Waals surface area (Å²) in [5.41, 5.74) is 0.757. The maximum absolute atomic E-state index is 13.3. The number of carboxylic acid groups (broad SMARTS) is 1. The Morgan fingerprint density at radius 2 is 2.32 bits per heavy atom. The molecule has 0 spiro atoms. The van der Waals surface area contributed by atoms with Crippen molar-refractivity contribution >= 4 is 5.97 Å². The predicted octanol–water partition coefficient (Wildman–Crippen LogP) is 1.57. The third kappa shape index (κ3) is 3.30. The van der Waals surface area contributed by atoms with Crippen molar-refractivity contribution in [3.63, 3.8) is 0 Å². The summed E-state index contributed by atoms with van der Waals surface area (Å²) in [6, 6.07) is 6.22. The van der Waals surface area contributed by atoms with E-state index in [1.807, 2.05) is 0 Å². The third-order valence-electron chi connectivity index (χ3n) is 3.60. The summed E-state index contributed by atoms with van der Waals surface area (Å²) >= 11 is 0. The molecule has 1 aromatic carbocycles. The van der Waals surface area contributed by atoms with Crippen LogP contribution in [0.25, 0.3) is 0 Å². The summed E-state index contributed by atoms with van der Waals surface area (Å²) in [6.45, 7) is 2.39. The smallest absolute Gasteiger partial charge is 0.308 e. The number of benzene rings is 1. The van der Waals surface area contributed by atoms with E-state index in [-0.39, 0.29) is 11.7 Å². The maximum Gasteiger partial charge on any atom is 0.308 e. The number of carboxylic acids is 1. The van der Waals surface area contributed by atoms with Crippen molar-refractivity contribution in [2.75, 3.05) is 33.4 Å². The summed E-state index contributed by atoms with van der Waals surface area (Å²) in [5, 5.41) is 9.31. The molecule has 5 heteroatoms. The lowest BCUT2D eigenvalue weighted by molar-refractivity contribution is -0.141. The summed E-state index contributed by atoms with van der Waals surface area (Å²) in [5.74, 6) is -1.80. The first kappa shape index (κ1) is 14.0. The van der Waals surface area contributed by atoms with Crippen LogP contribution in [-0.4, -0.2) is 49.3 Å². The van der Waals surface area contributed by atoms with Gasteiger partial charge in [0.25, 0.3) is 0 Å². The number of hydrogen-bond donors (Lipinski definition) is 1. The van der Waals surface area contributed by atoms with E-state index in [9.17, 15) is 14.3 Å². The molecule has 0 aromatic heterocycles. The summed E-state index contributed by atoms with van der Waals surface area (Å²) in [7, 11) is 1.62. The van der Waals surface area contributed by atoms with Gasteiger partial charge in [0.1, 0.15) is 5.82 Å². The Morgan fingerprint density at radius 3 is 2.95 bits per heavy atom. The molecule has 2 atom stereocenters. The minimum atomic E-state index is -0.825. The molecule has 2 rings (SSSR count). The normalized spacial score (nSPS) is 23.7. The van der Waals surface area contributed by atoms with E-state index in [0.717, 1.165) is 5.56 Å². The zero-order valence-corrected chi connectivity index (χ0v) is 10.9. The lowest BCUT2D eigenvalue weighted by Crippen LogP contribution is -2.26. The van der Waals surface area contributed by atoms with Crippen molar-refractivity contribution in [1.29, 1.82) is 0 Å². The van der Waals surface area contributed by atoms with Crippen LogP contribution in [0.3, 0.4) is 0 Å². The number of likely N-dealkylation sites (tertiary alicyclic amines) is 1. The Labute approximate surface area is 111 Å². The van der Waals surface area contributed by atoms with Gasteiger partial charge in [-0.15, -0.1) is 0 Å². The van der Waals surface area contributed by atoms with Crippen LogP contribution < -0.4 is 0 Å². The summed E-state index contributed by atoms with van der Waals surface area (Å²) in [4.78, 5) is 13.4. The number of methoxy groups -OCH3 is 1. The highest BCUT2D eigenvalue weighted by atomic mass is 19.1. The highest BCUT2D eigenvalue weighted by Crippen LogP contribution is 2.33. The number of halogens is 1. The first-order valence-corrected chi connectivity index (χ1v) is 6.31. The van der Waals surface area contributed by atoms with Gasteiger partial charge in [-0.2, -0.15) is 0 Å². The van der Waals surface area contributed by atoms with Gasteiger partial charge < -0.3 is 9.84 Å². The molecule has 0 bridgehead atoms. The van der Waals surface area contributed by atoms with Gasteiger partial charge in [0, 0.05) is 32.7 Å². The van der Waals surface area contributed by atoms with Gasteiger partial charge in [-0.25, -0.2) is 4.39 Å². The van der Waals surface area contributed by atoms with Crippen molar-refractivity contribution in [1.82, 2.24) is 4.90 Å². The molecule has 1 unspecified atom stereocenters. The predicted molar refractivity (Wildman–Crippen MR) is 68.6 cm³/mol. The minimum absolute atomic E-state index is 0.162. The van der Waals surface area contributed by atoms with E-state index in [1.165, 1.54) is 12.1 Å². The number of rotatable bonds is 5. The average molecular weight is 267 g/mol. The van der Waals surface area contributed by atoms with Crippen LogP contribution in [0.4, 0.5) is 4.39 Å². The molecule has 1 fully saturated rings. The van der Waals surface area contributed by atoms with Gasteiger partial charge in [-0.1, -0.05) is 12.1 Å². The minimum Gasteiger partial charge on any atom is -0.481 e. The van der Waals surface area contributed by atoms with Gasteiger partial charge in [0.05, 0.1) is 12.5 Å². The second kappa shape index (κ2) is 6.12. The molecule has 1 saturated heterocycles. The van der Waals surface area contributed by atoms with E-state index in [0.29, 0.717) is 26.2 Å². The zero-order chi connectivity index (χ0) is 13.8. The second-order valence-corrected chi connectivity index (χ2v) is 4.86. The fourth-order valence-electron chi connectivity index (χ4n) is 2.61. The second-order valence-electron chi connectivity index (χ2n) is 4.86. The van der Waals surface area contributed by atoms with Crippen molar-refractivity contribution in [2.24, 2.45) is 5.92 Å². The van der Waals surface area contributed by atoms with Crippen LogP contribution in [0.5, 0.6) is 0 Å². The Balaban J connectivity index is 2.15. The molecule has 0 amide bonds. The third-order valence-corrected chi connectivity index (χ3v) is 3.60. The van der Waals surface area contributed by atoms with Gasteiger partial charge in [0.15, 0.2) is 0 Å². The number of hydrogen-bond acceptors (Lipinski definition) is 3. The van der Waals surface area contributed by atoms with E-state index in [1.54, 1.807) is 19.2 Å². The van der Waals surface area contributed by atoms with E-state index in [2.05, 4.69) is 4.90 Å². The molecule has 1 N–H and O–H groups in total. The number of nitrogens with zero attached hydrogens (tertiary/aromatic N) is 1. The fourth-order valence-corrected chi connectivity index (χ4v) is 2.61. The van der Waals surface area contributed by atoms with Crippen molar-refractivity contribution in [3.8, 4) is 0 Å². The molecule has 19 heavy (non-hydrogen) atoms. The average Bonchev–Trinajstić information content (AvgIpc) is 2.80. The molecule has 4 nitrogen and oxygen atoms in total. The summed E-state index contributed by atoms with van der Waals surface area (Å²) < 4.78 is 18.3. The van der Waals surface area contributed by atoms with Gasteiger partial charge in [0.2, 0.25) is 0 Å². The van der Waals surface area contributed by atoms with E-state index in [4.69, 9.17) is 4.74 Å². The van der Waals surface area contributed by atoms with Gasteiger partial charge in [-0.3, -0.25) is 9.69 Å². The SMILES string of the molecule is COCCN1CC(c2cccc(F)c2)[C@H](C(=O)O)C1. The zero-order valence-electron chi connectivity index (χ0n) is 10.9.